The first-order valence-electron chi connectivity index (χ1n) is 14.8. The van der Waals surface area contributed by atoms with Gasteiger partial charge in [0.2, 0.25) is 0 Å². The van der Waals surface area contributed by atoms with Gasteiger partial charge in [0.15, 0.2) is 0 Å². The predicted molar refractivity (Wildman–Crippen MR) is 195 cm³/mol. The topological polar surface area (TPSA) is 188 Å². The molecule has 0 spiro atoms. The molecule has 6 rings (SSSR count). The molecule has 0 aliphatic heterocycles. The average Bonchev–Trinajstić information content (AvgIpc) is 3.12. The monoisotopic (exact) mass is 744 g/mol. The predicted octanol–water partition coefficient (Wildman–Crippen LogP) is 9.12. The summed E-state index contributed by atoms with van der Waals surface area (Å²) in [4.78, 5) is -0.655. The van der Waals surface area contributed by atoms with Gasteiger partial charge in [-0.1, -0.05) is 48.5 Å². The van der Waals surface area contributed by atoms with Crippen molar-refractivity contribution in [2.75, 3.05) is 10.6 Å². The molecule has 0 aliphatic rings. The number of anilines is 4. The molecular formula is C36H28CaN6O6S2. The fourth-order valence-corrected chi connectivity index (χ4v) is 5.25. The minimum absolute atomic E-state index is 0. The zero-order chi connectivity index (χ0) is 35.4. The molecule has 0 heterocycles. The van der Waals surface area contributed by atoms with Crippen molar-refractivity contribution in [3.8, 4) is 0 Å². The Morgan fingerprint density at radius 1 is 0.373 bits per heavy atom. The zero-order valence-electron chi connectivity index (χ0n) is 26.8. The van der Waals surface area contributed by atoms with E-state index in [4.69, 9.17) is 0 Å². The molecule has 0 aromatic heterocycles. The number of para-hydroxylation sites is 2. The number of hydrogen-bond donors (Lipinski definition) is 2. The Hall–Kier alpha value is -4.80. The van der Waals surface area contributed by atoms with E-state index in [1.165, 1.54) is 36.4 Å². The van der Waals surface area contributed by atoms with Gasteiger partial charge in [-0.15, -0.1) is 0 Å². The van der Waals surface area contributed by atoms with Crippen LogP contribution in [-0.2, 0) is 20.2 Å². The number of nitrogens with zero attached hydrogens (tertiary/aromatic N) is 4. The van der Waals surface area contributed by atoms with Crippen molar-refractivity contribution in [2.45, 2.75) is 9.79 Å². The Kier molecular flexibility index (Phi) is 14.1. The molecule has 0 radical (unpaired) electrons. The number of azo groups is 2. The van der Waals surface area contributed by atoms with Gasteiger partial charge in [-0.3, -0.25) is 0 Å². The van der Waals surface area contributed by atoms with Crippen LogP contribution in [0.25, 0.3) is 0 Å². The molecule has 12 nitrogen and oxygen atoms in total. The van der Waals surface area contributed by atoms with Crippen LogP contribution in [0.1, 0.15) is 0 Å². The van der Waals surface area contributed by atoms with Crippen LogP contribution in [-0.4, -0.2) is 63.7 Å². The fraction of sp³-hybridized carbons (Fsp3) is 0. The Balaban J connectivity index is 0.000000224. The van der Waals surface area contributed by atoms with Crippen LogP contribution in [0.2, 0.25) is 0 Å². The van der Waals surface area contributed by atoms with E-state index in [1.807, 2.05) is 84.9 Å². The Morgan fingerprint density at radius 3 is 1.02 bits per heavy atom. The van der Waals surface area contributed by atoms with Crippen LogP contribution in [0.4, 0.5) is 45.5 Å². The first-order chi connectivity index (χ1) is 24.0. The van der Waals surface area contributed by atoms with E-state index in [0.29, 0.717) is 22.7 Å². The van der Waals surface area contributed by atoms with Crippen LogP contribution in [0.3, 0.4) is 0 Å². The molecule has 6 aromatic carbocycles. The normalized spacial score (nSPS) is 11.3. The summed E-state index contributed by atoms with van der Waals surface area (Å²) in [5.41, 5.74) is 5.57. The minimum Gasteiger partial charge on any atom is -0.744 e. The fourth-order valence-electron chi connectivity index (χ4n) is 4.23. The van der Waals surface area contributed by atoms with Crippen molar-refractivity contribution >= 4 is 103 Å². The summed E-state index contributed by atoms with van der Waals surface area (Å²) in [6, 6.07) is 45.0. The Labute approximate surface area is 325 Å². The molecule has 0 amide bonds. The maximum atomic E-state index is 11.0. The van der Waals surface area contributed by atoms with Gasteiger partial charge in [0, 0.05) is 22.7 Å². The van der Waals surface area contributed by atoms with Crippen molar-refractivity contribution < 1.29 is 25.9 Å². The first-order valence-corrected chi connectivity index (χ1v) is 17.6. The Bertz CT molecular complexity index is 2140. The number of hydrogen-bond acceptors (Lipinski definition) is 12. The van der Waals surface area contributed by atoms with Crippen LogP contribution in [0.15, 0.2) is 188 Å². The SMILES string of the molecule is O=S(=O)([O-])c1cccc(N=Nc2ccc(Nc3ccccc3)cc2)c1.O=S(=O)([O-])c1cccc(N=Nc2ccc(Nc3ccccc3)cc2)c1.[Ca+2]. The smallest absolute Gasteiger partial charge is 0.744 e. The van der Waals surface area contributed by atoms with Gasteiger partial charge >= 0.3 is 37.7 Å². The van der Waals surface area contributed by atoms with Crippen LogP contribution in [0.5, 0.6) is 0 Å². The summed E-state index contributed by atoms with van der Waals surface area (Å²) in [7, 11) is -9.01. The van der Waals surface area contributed by atoms with E-state index in [0.717, 1.165) is 22.7 Å². The number of nitrogens with one attached hydrogen (secondary N) is 2. The molecule has 6 aromatic rings. The molecule has 2 N–H and O–H groups in total. The van der Waals surface area contributed by atoms with Gasteiger partial charge in [0.05, 0.1) is 32.5 Å². The molecular weight excluding hydrogens is 717 g/mol. The van der Waals surface area contributed by atoms with Gasteiger partial charge in [-0.2, -0.15) is 20.5 Å². The summed E-state index contributed by atoms with van der Waals surface area (Å²) < 4.78 is 66.1. The van der Waals surface area contributed by atoms with E-state index >= 15 is 0 Å². The third-order valence-corrected chi connectivity index (χ3v) is 8.30. The van der Waals surface area contributed by atoms with E-state index < -0.39 is 20.2 Å². The molecule has 0 saturated carbocycles. The molecule has 0 atom stereocenters. The standard InChI is InChI=1S/2C18H15N3O3S.Ca/c2*22-25(23,24)18-8-4-7-17(13-18)21-20-16-11-9-15(10-12-16)19-14-5-2-1-3-6-14;/h2*1-13,19H,(H,22,23,24);/q;;+2/p-2. The van der Waals surface area contributed by atoms with Gasteiger partial charge in [-0.25, -0.2) is 16.8 Å². The van der Waals surface area contributed by atoms with Gasteiger partial charge in [-0.05, 0) is 109 Å². The molecule has 0 aliphatic carbocycles. The van der Waals surface area contributed by atoms with Crippen molar-refractivity contribution in [2.24, 2.45) is 20.5 Å². The molecule has 252 valence electrons. The summed E-state index contributed by atoms with van der Waals surface area (Å²) in [5.74, 6) is 0. The summed E-state index contributed by atoms with van der Waals surface area (Å²) in [5, 5.41) is 22.5. The van der Waals surface area contributed by atoms with E-state index in [-0.39, 0.29) is 47.5 Å². The molecule has 51 heavy (non-hydrogen) atoms. The number of benzene rings is 6. The third kappa shape index (κ3) is 12.8. The summed E-state index contributed by atoms with van der Waals surface area (Å²) in [6.07, 6.45) is 0. The summed E-state index contributed by atoms with van der Waals surface area (Å²) in [6.45, 7) is 0. The quantitative estimate of drug-likeness (QED) is 0.0789. The zero-order valence-corrected chi connectivity index (χ0v) is 30.6. The van der Waals surface area contributed by atoms with Crippen molar-refractivity contribution in [1.29, 1.82) is 0 Å². The van der Waals surface area contributed by atoms with Crippen LogP contribution in [0, 0.1) is 0 Å². The molecule has 15 heteroatoms. The second-order valence-corrected chi connectivity index (χ2v) is 13.1. The van der Waals surface area contributed by atoms with Crippen molar-refractivity contribution in [3.63, 3.8) is 0 Å². The van der Waals surface area contributed by atoms with Gasteiger partial charge in [0.25, 0.3) is 0 Å². The number of rotatable bonds is 10. The average molecular weight is 745 g/mol. The van der Waals surface area contributed by atoms with Crippen molar-refractivity contribution in [3.05, 3.63) is 158 Å². The maximum absolute atomic E-state index is 11.0. The van der Waals surface area contributed by atoms with Gasteiger partial charge in [0.1, 0.15) is 20.2 Å². The summed E-state index contributed by atoms with van der Waals surface area (Å²) >= 11 is 0. The molecule has 0 fully saturated rings. The Morgan fingerprint density at radius 2 is 0.686 bits per heavy atom. The third-order valence-electron chi connectivity index (χ3n) is 6.63. The second-order valence-electron chi connectivity index (χ2n) is 10.4. The van der Waals surface area contributed by atoms with E-state index in [1.54, 1.807) is 36.4 Å². The maximum Gasteiger partial charge on any atom is 2.00 e. The molecule has 0 unspecified atom stereocenters. The van der Waals surface area contributed by atoms with E-state index in [9.17, 15) is 25.9 Å². The molecule has 0 bridgehead atoms. The van der Waals surface area contributed by atoms with Crippen LogP contribution < -0.4 is 10.6 Å². The molecule has 0 saturated heterocycles. The van der Waals surface area contributed by atoms with Crippen LogP contribution >= 0.6 is 0 Å². The first kappa shape index (κ1) is 39.0. The van der Waals surface area contributed by atoms with E-state index in [2.05, 4.69) is 31.1 Å². The van der Waals surface area contributed by atoms with Crippen molar-refractivity contribution in [1.82, 2.24) is 0 Å². The second kappa shape index (κ2) is 18.4. The largest absolute Gasteiger partial charge is 2.00 e. The van der Waals surface area contributed by atoms with Gasteiger partial charge < -0.3 is 19.7 Å². The minimum atomic E-state index is -4.50.